The van der Waals surface area contributed by atoms with Gasteiger partial charge in [0.05, 0.1) is 32.1 Å². The number of aromatic nitrogens is 1. The second-order valence-electron chi connectivity index (χ2n) is 5.60. The van der Waals surface area contributed by atoms with E-state index in [0.717, 1.165) is 17.6 Å². The molecule has 0 fully saturated rings. The van der Waals surface area contributed by atoms with Crippen LogP contribution in [0.3, 0.4) is 0 Å². The van der Waals surface area contributed by atoms with Crippen LogP contribution >= 0.6 is 50.5 Å². The van der Waals surface area contributed by atoms with Crippen LogP contribution in [0.15, 0.2) is 35.2 Å². The molecule has 0 aliphatic carbocycles. The van der Waals surface area contributed by atoms with Gasteiger partial charge in [-0.25, -0.2) is 9.78 Å². The summed E-state index contributed by atoms with van der Waals surface area (Å²) in [5, 5.41) is 9.41. The summed E-state index contributed by atoms with van der Waals surface area (Å²) in [6.07, 6.45) is 0. The second-order valence-corrected chi connectivity index (χ2v) is 7.23. The Bertz CT molecular complexity index is 825. The van der Waals surface area contributed by atoms with Crippen molar-refractivity contribution in [3.05, 3.63) is 41.7 Å². The average Bonchev–Trinajstić information content (AvgIpc) is 2.77. The smallest absolute Gasteiger partial charge is 0.368 e. The summed E-state index contributed by atoms with van der Waals surface area (Å²) in [5.74, 6) is 0.251. The molecule has 0 atom stereocenters. The SMILES string of the molecule is O=C(OS)c1cc(-c2ccc(OCCOCCOSCOS)cc2S)cc(CO)n1. The van der Waals surface area contributed by atoms with Crippen LogP contribution in [0.1, 0.15) is 16.2 Å². The molecule has 0 radical (unpaired) electrons. The number of aliphatic hydroxyl groups is 1. The molecule has 0 spiro atoms. The maximum absolute atomic E-state index is 11.8. The van der Waals surface area contributed by atoms with Gasteiger partial charge in [-0.3, -0.25) is 0 Å². The van der Waals surface area contributed by atoms with E-state index in [9.17, 15) is 9.90 Å². The first-order valence-corrected chi connectivity index (χ1v) is 10.7. The third-order valence-corrected chi connectivity index (χ3v) is 4.99. The molecule has 0 unspecified atom stereocenters. The fraction of sp³-hybridized carbons (Fsp3) is 0.333. The summed E-state index contributed by atoms with van der Waals surface area (Å²) in [6.45, 7) is 1.31. The Kier molecular flexibility index (Phi) is 11.8. The van der Waals surface area contributed by atoms with Crippen molar-refractivity contribution in [2.24, 2.45) is 0 Å². The van der Waals surface area contributed by atoms with Crippen LogP contribution in [0.5, 0.6) is 5.75 Å². The van der Waals surface area contributed by atoms with Crippen LogP contribution < -0.4 is 4.74 Å². The molecular weight excluding hydrogens is 470 g/mol. The second kappa shape index (κ2) is 14.0. The molecular formula is C18H21NO7S4. The number of carbonyl (C=O) groups excluding carboxylic acids is 1. The third-order valence-electron chi connectivity index (χ3n) is 3.60. The van der Waals surface area contributed by atoms with Crippen molar-refractivity contribution in [3.63, 3.8) is 0 Å². The van der Waals surface area contributed by atoms with Crippen LogP contribution in [0.4, 0.5) is 0 Å². The Morgan fingerprint density at radius 2 is 1.90 bits per heavy atom. The summed E-state index contributed by atoms with van der Waals surface area (Å²) >= 11 is 12.8. The summed E-state index contributed by atoms with van der Waals surface area (Å²) in [5.41, 5.74) is 1.76. The number of benzene rings is 1. The highest BCUT2D eigenvalue weighted by atomic mass is 32.2. The number of nitrogens with zero attached hydrogens (tertiary/aromatic N) is 1. The number of aliphatic hydroxyl groups excluding tert-OH is 1. The Morgan fingerprint density at radius 3 is 2.60 bits per heavy atom. The number of rotatable bonds is 13. The average molecular weight is 492 g/mol. The van der Waals surface area contributed by atoms with Crippen LogP contribution in [-0.2, 0) is 23.9 Å². The molecule has 2 rings (SSSR count). The van der Waals surface area contributed by atoms with Crippen LogP contribution in [0, 0.1) is 0 Å². The summed E-state index contributed by atoms with van der Waals surface area (Å²) in [6, 6.07) is 8.55. The van der Waals surface area contributed by atoms with Gasteiger partial charge in [-0.15, -0.1) is 12.6 Å². The molecule has 0 bridgehead atoms. The molecule has 1 heterocycles. The lowest BCUT2D eigenvalue weighted by Crippen LogP contribution is -2.09. The highest BCUT2D eigenvalue weighted by molar-refractivity contribution is 7.94. The zero-order valence-corrected chi connectivity index (χ0v) is 19.2. The number of hydrogen-bond donors (Lipinski definition) is 4. The molecule has 1 aromatic carbocycles. The standard InChI is InChI=1S/C18H21NO7S4/c20-10-13-7-12(8-16(19-13)18(21)26-29)15-2-1-14(9-17(15)27)23-5-3-22-4-6-25-30-11-24-28/h1-2,7-9,20,27-29H,3-6,10-11H2. The molecule has 0 saturated heterocycles. The highest BCUT2D eigenvalue weighted by Crippen LogP contribution is 2.31. The molecule has 0 amide bonds. The van der Waals surface area contributed by atoms with Crippen molar-refractivity contribution in [1.82, 2.24) is 4.98 Å². The number of hydrogen-bond acceptors (Lipinski definition) is 12. The molecule has 2 aromatic rings. The Balaban J connectivity index is 1.92. The van der Waals surface area contributed by atoms with Gasteiger partial charge in [-0.05, 0) is 54.4 Å². The van der Waals surface area contributed by atoms with Crippen LogP contribution in [0.25, 0.3) is 11.1 Å². The molecule has 1 aromatic heterocycles. The van der Waals surface area contributed by atoms with Gasteiger partial charge in [0.25, 0.3) is 0 Å². The Labute approximate surface area is 195 Å². The molecule has 1 N–H and O–H groups in total. The van der Waals surface area contributed by atoms with Crippen molar-refractivity contribution in [1.29, 1.82) is 0 Å². The maximum Gasteiger partial charge on any atom is 0.368 e. The molecule has 0 saturated carbocycles. The van der Waals surface area contributed by atoms with Gasteiger partial charge in [0, 0.05) is 29.8 Å². The number of thiol groups is 3. The van der Waals surface area contributed by atoms with Gasteiger partial charge in [0.1, 0.15) is 24.0 Å². The van der Waals surface area contributed by atoms with Crippen molar-refractivity contribution >= 4 is 56.5 Å². The van der Waals surface area contributed by atoms with E-state index in [4.69, 9.17) is 13.7 Å². The largest absolute Gasteiger partial charge is 0.491 e. The van der Waals surface area contributed by atoms with Crippen molar-refractivity contribution in [3.8, 4) is 16.9 Å². The fourth-order valence-corrected chi connectivity index (χ4v) is 3.20. The zero-order valence-electron chi connectivity index (χ0n) is 15.7. The summed E-state index contributed by atoms with van der Waals surface area (Å²) < 4.78 is 25.2. The van der Waals surface area contributed by atoms with Crippen molar-refractivity contribution in [2.45, 2.75) is 11.5 Å². The number of ether oxygens (including phenoxy) is 2. The van der Waals surface area contributed by atoms with E-state index in [2.05, 4.69) is 51.8 Å². The lowest BCUT2D eigenvalue weighted by molar-refractivity contribution is 0.0765. The predicted molar refractivity (Wildman–Crippen MR) is 122 cm³/mol. The monoisotopic (exact) mass is 491 g/mol. The maximum atomic E-state index is 11.8. The predicted octanol–water partition coefficient (Wildman–Crippen LogP) is 3.41. The molecule has 12 heteroatoms. The lowest BCUT2D eigenvalue weighted by atomic mass is 10.0. The molecule has 0 aliphatic heterocycles. The van der Waals surface area contributed by atoms with Gasteiger partial charge < -0.3 is 27.1 Å². The summed E-state index contributed by atoms with van der Waals surface area (Å²) in [4.78, 5) is 16.4. The number of carbonyl (C=O) groups is 1. The Morgan fingerprint density at radius 1 is 1.10 bits per heavy atom. The minimum absolute atomic E-state index is 0.0392. The Hall–Kier alpha value is -1.12. The number of pyridine rings is 1. The third kappa shape index (κ3) is 8.19. The van der Waals surface area contributed by atoms with Gasteiger partial charge in [0.2, 0.25) is 0 Å². The van der Waals surface area contributed by atoms with E-state index in [1.165, 1.54) is 0 Å². The minimum atomic E-state index is -0.713. The fourth-order valence-electron chi connectivity index (χ4n) is 2.35. The van der Waals surface area contributed by atoms with Crippen LogP contribution in [0.2, 0.25) is 0 Å². The van der Waals surface area contributed by atoms with E-state index in [1.54, 1.807) is 30.3 Å². The van der Waals surface area contributed by atoms with Gasteiger partial charge >= 0.3 is 5.97 Å². The quantitative estimate of drug-likeness (QED) is 0.145. The van der Waals surface area contributed by atoms with E-state index < -0.39 is 5.97 Å². The molecule has 30 heavy (non-hydrogen) atoms. The molecule has 0 aliphatic rings. The van der Waals surface area contributed by atoms with E-state index in [0.29, 0.717) is 54.3 Å². The first-order chi connectivity index (χ1) is 14.6. The first kappa shape index (κ1) is 25.1. The zero-order chi connectivity index (χ0) is 21.8. The highest BCUT2D eigenvalue weighted by Gasteiger charge is 2.14. The molecule has 8 nitrogen and oxygen atoms in total. The molecule has 164 valence electrons. The van der Waals surface area contributed by atoms with Crippen molar-refractivity contribution < 1.29 is 31.9 Å². The van der Waals surface area contributed by atoms with Gasteiger partial charge in [0.15, 0.2) is 0 Å². The topological polar surface area (TPSA) is 96.3 Å². The van der Waals surface area contributed by atoms with E-state index in [-0.39, 0.29) is 12.3 Å². The lowest BCUT2D eigenvalue weighted by Gasteiger charge is -2.12. The summed E-state index contributed by atoms with van der Waals surface area (Å²) in [7, 11) is 0. The van der Waals surface area contributed by atoms with Crippen LogP contribution in [-0.4, -0.2) is 48.4 Å². The minimum Gasteiger partial charge on any atom is -0.491 e. The van der Waals surface area contributed by atoms with Gasteiger partial charge in [-0.2, -0.15) is 0 Å². The van der Waals surface area contributed by atoms with Gasteiger partial charge in [-0.1, -0.05) is 0 Å². The van der Waals surface area contributed by atoms with E-state index >= 15 is 0 Å². The first-order valence-electron chi connectivity index (χ1n) is 8.61. The van der Waals surface area contributed by atoms with Crippen molar-refractivity contribution in [2.75, 3.05) is 32.4 Å². The van der Waals surface area contributed by atoms with E-state index in [1.807, 2.05) is 0 Å². The normalized spacial score (nSPS) is 10.8.